The van der Waals surface area contributed by atoms with Crippen LogP contribution in [0, 0.1) is 5.82 Å². The molecule has 150 valence electrons. The quantitative estimate of drug-likeness (QED) is 0.501. The highest BCUT2D eigenvalue weighted by Gasteiger charge is 2.29. The summed E-state index contributed by atoms with van der Waals surface area (Å²) < 4.78 is 13.5. The van der Waals surface area contributed by atoms with E-state index in [9.17, 15) is 4.39 Å². The van der Waals surface area contributed by atoms with Crippen LogP contribution in [0.25, 0.3) is 0 Å². The maximum Gasteiger partial charge on any atom is 0.233 e. The summed E-state index contributed by atoms with van der Waals surface area (Å²) in [7, 11) is 0. The van der Waals surface area contributed by atoms with Gasteiger partial charge in [0.05, 0.1) is 11.1 Å². The summed E-state index contributed by atoms with van der Waals surface area (Å²) in [6.45, 7) is 1.95. The third-order valence-corrected chi connectivity index (χ3v) is 5.53. The Morgan fingerprint density at radius 1 is 1.07 bits per heavy atom. The summed E-state index contributed by atoms with van der Waals surface area (Å²) in [6.07, 6.45) is 4.58. The second kappa shape index (κ2) is 7.26. The number of nitrogens with one attached hydrogen (secondary N) is 3. The van der Waals surface area contributed by atoms with Crippen LogP contribution >= 0.6 is 11.6 Å². The van der Waals surface area contributed by atoms with Crippen molar-refractivity contribution < 1.29 is 4.39 Å². The minimum absolute atomic E-state index is 0.0952. The van der Waals surface area contributed by atoms with Crippen LogP contribution in [0.2, 0.25) is 5.02 Å². The lowest BCUT2D eigenvalue weighted by Crippen LogP contribution is -2.13. The van der Waals surface area contributed by atoms with Gasteiger partial charge < -0.3 is 10.6 Å². The Morgan fingerprint density at radius 3 is 2.55 bits per heavy atom. The topological polar surface area (TPSA) is 91.4 Å². The molecular formula is C20H21ClFN7. The highest BCUT2D eigenvalue weighted by molar-refractivity contribution is 6.30. The van der Waals surface area contributed by atoms with E-state index in [2.05, 4.69) is 35.8 Å². The van der Waals surface area contributed by atoms with E-state index in [0.717, 1.165) is 29.9 Å². The minimum atomic E-state index is -0.435. The summed E-state index contributed by atoms with van der Waals surface area (Å²) in [5, 5.41) is 13.9. The molecule has 0 saturated heterocycles. The molecule has 29 heavy (non-hydrogen) atoms. The molecule has 9 heteroatoms. The predicted octanol–water partition coefficient (Wildman–Crippen LogP) is 5.06. The monoisotopic (exact) mass is 413 g/mol. The zero-order chi connectivity index (χ0) is 20.0. The second-order valence-electron chi connectivity index (χ2n) is 7.76. The SMILES string of the molecule is CC(Nc1nc(Nc2cc(C3CC3)[nH]n2)nc(C2CC2)n1)c1ccc(F)c(Cl)c1. The first-order chi connectivity index (χ1) is 14.0. The smallest absolute Gasteiger partial charge is 0.233 e. The molecule has 3 N–H and O–H groups in total. The van der Waals surface area contributed by atoms with Crippen molar-refractivity contribution in [2.75, 3.05) is 10.6 Å². The fraction of sp³-hybridized carbons (Fsp3) is 0.400. The van der Waals surface area contributed by atoms with Crippen LogP contribution in [-0.2, 0) is 0 Å². The Hall–Kier alpha value is -2.74. The van der Waals surface area contributed by atoms with E-state index in [0.29, 0.717) is 29.6 Å². The van der Waals surface area contributed by atoms with Crippen LogP contribution in [-0.4, -0.2) is 25.1 Å². The van der Waals surface area contributed by atoms with Gasteiger partial charge in [-0.2, -0.15) is 20.1 Å². The second-order valence-corrected chi connectivity index (χ2v) is 8.17. The number of benzene rings is 1. The molecule has 2 fully saturated rings. The summed E-state index contributed by atoms with van der Waals surface area (Å²) in [4.78, 5) is 13.7. The highest BCUT2D eigenvalue weighted by atomic mass is 35.5. The lowest BCUT2D eigenvalue weighted by atomic mass is 10.1. The molecule has 1 atom stereocenters. The van der Waals surface area contributed by atoms with E-state index in [1.807, 2.05) is 13.0 Å². The Labute approximate surface area is 172 Å². The van der Waals surface area contributed by atoms with Gasteiger partial charge in [-0.15, -0.1) is 0 Å². The lowest BCUT2D eigenvalue weighted by Gasteiger charge is -2.16. The number of H-pyrrole nitrogens is 1. The molecule has 2 aliphatic rings. The first-order valence-corrected chi connectivity index (χ1v) is 10.2. The van der Waals surface area contributed by atoms with Crippen LogP contribution in [0.15, 0.2) is 24.3 Å². The average molecular weight is 414 g/mol. The average Bonchev–Trinajstić information content (AvgIpc) is 3.62. The van der Waals surface area contributed by atoms with E-state index >= 15 is 0 Å². The van der Waals surface area contributed by atoms with Crippen molar-refractivity contribution >= 4 is 29.3 Å². The number of aromatic nitrogens is 5. The molecule has 0 radical (unpaired) electrons. The van der Waals surface area contributed by atoms with Gasteiger partial charge in [0.1, 0.15) is 11.6 Å². The summed E-state index contributed by atoms with van der Waals surface area (Å²) in [5.74, 6) is 2.93. The number of anilines is 3. The molecular weight excluding hydrogens is 393 g/mol. The van der Waals surface area contributed by atoms with Gasteiger partial charge in [-0.05, 0) is 50.3 Å². The molecule has 2 aromatic heterocycles. The van der Waals surface area contributed by atoms with Gasteiger partial charge in [0.15, 0.2) is 5.82 Å². The Morgan fingerprint density at radius 2 is 1.83 bits per heavy atom. The molecule has 2 saturated carbocycles. The largest absolute Gasteiger partial charge is 0.348 e. The van der Waals surface area contributed by atoms with Crippen LogP contribution in [0.1, 0.15) is 67.6 Å². The van der Waals surface area contributed by atoms with E-state index < -0.39 is 5.82 Å². The third kappa shape index (κ3) is 4.17. The standard InChI is InChI=1S/C20H21ClFN7/c1-10(13-6-7-15(22)14(21)8-13)23-19-25-18(12-4-5-12)26-20(27-19)24-17-9-16(28-29-17)11-2-3-11/h6-12H,2-5H2,1H3,(H3,23,24,25,26,27,28,29). The molecule has 7 nitrogen and oxygen atoms in total. The van der Waals surface area contributed by atoms with Gasteiger partial charge >= 0.3 is 0 Å². The van der Waals surface area contributed by atoms with E-state index in [1.54, 1.807) is 12.1 Å². The molecule has 5 rings (SSSR count). The highest BCUT2D eigenvalue weighted by Crippen LogP contribution is 2.40. The molecule has 2 heterocycles. The fourth-order valence-electron chi connectivity index (χ4n) is 3.21. The lowest BCUT2D eigenvalue weighted by molar-refractivity contribution is 0.627. The van der Waals surface area contributed by atoms with Gasteiger partial charge in [0, 0.05) is 23.6 Å². The third-order valence-electron chi connectivity index (χ3n) is 5.24. The van der Waals surface area contributed by atoms with Crippen molar-refractivity contribution in [3.63, 3.8) is 0 Å². The van der Waals surface area contributed by atoms with Crippen LogP contribution in [0.3, 0.4) is 0 Å². The molecule has 3 aromatic rings. The maximum atomic E-state index is 13.5. The van der Waals surface area contributed by atoms with Crippen molar-refractivity contribution in [1.29, 1.82) is 0 Å². The van der Waals surface area contributed by atoms with Crippen LogP contribution in [0.4, 0.5) is 22.1 Å². The van der Waals surface area contributed by atoms with Crippen LogP contribution in [0.5, 0.6) is 0 Å². The van der Waals surface area contributed by atoms with E-state index in [-0.39, 0.29) is 11.1 Å². The molecule has 0 bridgehead atoms. The first-order valence-electron chi connectivity index (χ1n) is 9.85. The number of hydrogen-bond donors (Lipinski definition) is 3. The van der Waals surface area contributed by atoms with E-state index in [1.165, 1.54) is 18.9 Å². The zero-order valence-corrected chi connectivity index (χ0v) is 16.7. The molecule has 0 spiro atoms. The Bertz CT molecular complexity index is 1050. The van der Waals surface area contributed by atoms with Gasteiger partial charge in [-0.1, -0.05) is 17.7 Å². The summed E-state index contributed by atoms with van der Waals surface area (Å²) in [6, 6.07) is 6.53. The van der Waals surface area contributed by atoms with Crippen molar-refractivity contribution in [3.8, 4) is 0 Å². The normalized spacial score (nSPS) is 17.2. The number of nitrogens with zero attached hydrogens (tertiary/aromatic N) is 4. The van der Waals surface area contributed by atoms with E-state index in [4.69, 9.17) is 11.6 Å². The maximum absolute atomic E-state index is 13.5. The van der Waals surface area contributed by atoms with Crippen LogP contribution < -0.4 is 10.6 Å². The Balaban J connectivity index is 1.37. The van der Waals surface area contributed by atoms with Crippen molar-refractivity contribution in [2.45, 2.75) is 50.5 Å². The number of halogens is 2. The number of aromatic amines is 1. The molecule has 1 unspecified atom stereocenters. The number of rotatable bonds is 7. The molecule has 1 aromatic carbocycles. The molecule has 2 aliphatic carbocycles. The van der Waals surface area contributed by atoms with Gasteiger partial charge in [-0.3, -0.25) is 5.10 Å². The zero-order valence-electron chi connectivity index (χ0n) is 15.9. The molecule has 0 aliphatic heterocycles. The van der Waals surface area contributed by atoms with Gasteiger partial charge in [0.2, 0.25) is 11.9 Å². The Kier molecular flexibility index (Phi) is 4.58. The summed E-state index contributed by atoms with van der Waals surface area (Å²) in [5.41, 5.74) is 1.99. The summed E-state index contributed by atoms with van der Waals surface area (Å²) >= 11 is 5.92. The van der Waals surface area contributed by atoms with Gasteiger partial charge in [0.25, 0.3) is 0 Å². The van der Waals surface area contributed by atoms with Crippen molar-refractivity contribution in [1.82, 2.24) is 25.1 Å². The number of hydrogen-bond acceptors (Lipinski definition) is 6. The van der Waals surface area contributed by atoms with Crippen molar-refractivity contribution in [2.24, 2.45) is 0 Å². The minimum Gasteiger partial charge on any atom is -0.348 e. The molecule has 0 amide bonds. The predicted molar refractivity (Wildman–Crippen MR) is 109 cm³/mol. The van der Waals surface area contributed by atoms with Crippen molar-refractivity contribution in [3.05, 3.63) is 52.2 Å². The van der Waals surface area contributed by atoms with Gasteiger partial charge in [-0.25, -0.2) is 4.39 Å². The fourth-order valence-corrected chi connectivity index (χ4v) is 3.40. The first kappa shape index (κ1) is 18.3.